The predicted molar refractivity (Wildman–Crippen MR) is 108 cm³/mol. The second kappa shape index (κ2) is 11.4. The van der Waals surface area contributed by atoms with Gasteiger partial charge in [-0.3, -0.25) is 4.98 Å². The summed E-state index contributed by atoms with van der Waals surface area (Å²) in [6.07, 6.45) is 1.77. The first-order chi connectivity index (χ1) is 11.7. The molecule has 0 atom stereocenters. The van der Waals surface area contributed by atoms with Crippen LogP contribution < -0.4 is 0 Å². The van der Waals surface area contributed by atoms with Gasteiger partial charge in [0.05, 0.1) is 0 Å². The molecular weight excluding hydrogens is 454 g/mol. The van der Waals surface area contributed by atoms with Crippen molar-refractivity contribution in [3.63, 3.8) is 0 Å². The molecule has 0 aliphatic rings. The molecular formula is C19H23Cl3N2Zr-. The summed E-state index contributed by atoms with van der Waals surface area (Å²) in [5.74, 6) is 0.859. The second-order valence-corrected chi connectivity index (χ2v) is 17.3. The molecule has 1 aromatic heterocycles. The summed E-state index contributed by atoms with van der Waals surface area (Å²) in [4.78, 5) is 4.33. The molecule has 2 nitrogen and oxygen atoms in total. The summed E-state index contributed by atoms with van der Waals surface area (Å²) in [5.41, 5.74) is 5.12. The molecule has 1 aromatic carbocycles. The molecule has 0 unspecified atom stereocenters. The maximum absolute atomic E-state index is 5.00. The van der Waals surface area contributed by atoms with Gasteiger partial charge in [0.1, 0.15) is 0 Å². The molecule has 6 heteroatoms. The molecule has 0 N–H and O–H groups in total. The van der Waals surface area contributed by atoms with Gasteiger partial charge in [-0.2, -0.15) is 0 Å². The Morgan fingerprint density at radius 3 is 1.88 bits per heavy atom. The maximum atomic E-state index is 5.00. The van der Waals surface area contributed by atoms with E-state index >= 15 is 0 Å². The average Bonchev–Trinajstić information content (AvgIpc) is 2.54. The number of rotatable bonds is 5. The van der Waals surface area contributed by atoms with Crippen molar-refractivity contribution >= 4 is 36.9 Å². The van der Waals surface area contributed by atoms with Crippen molar-refractivity contribution in [1.29, 1.82) is 0 Å². The molecule has 0 fully saturated rings. The van der Waals surface area contributed by atoms with Crippen LogP contribution in [0.3, 0.4) is 0 Å². The number of nitrogens with zero attached hydrogens (tertiary/aromatic N) is 2. The minimum absolute atomic E-state index is 0.430. The monoisotopic (exact) mass is 474 g/mol. The molecule has 0 aliphatic heterocycles. The van der Waals surface area contributed by atoms with E-state index in [2.05, 4.69) is 57.5 Å². The molecule has 135 valence electrons. The van der Waals surface area contributed by atoms with E-state index in [-0.39, 0.29) is 0 Å². The van der Waals surface area contributed by atoms with Gasteiger partial charge >= 0.3 is 43.7 Å². The Hall–Kier alpha value is -0.337. The van der Waals surface area contributed by atoms with E-state index in [1.165, 1.54) is 11.1 Å². The Morgan fingerprint density at radius 1 is 0.960 bits per heavy atom. The fraction of sp³-hybridized carbons (Fsp3) is 0.316. The predicted octanol–water partition coefficient (Wildman–Crippen LogP) is 8.07. The summed E-state index contributed by atoms with van der Waals surface area (Å²) in [7, 11) is 15.0. The molecule has 25 heavy (non-hydrogen) atoms. The number of hydrogen-bond acceptors (Lipinski definition) is 1. The van der Waals surface area contributed by atoms with Gasteiger partial charge in [0.2, 0.25) is 0 Å². The van der Waals surface area contributed by atoms with Crippen molar-refractivity contribution in [1.82, 2.24) is 4.98 Å². The van der Waals surface area contributed by atoms with Gasteiger partial charge in [0.15, 0.2) is 0 Å². The van der Waals surface area contributed by atoms with Gasteiger partial charge < -0.3 is 5.32 Å². The first kappa shape index (κ1) is 22.7. The standard InChI is InChI=1S/C19H23N2.3ClH.Zr/c1-13(2)16-9-8-10-17(14(3)4)19(16)21-15(5)18-11-6-7-12-20-18;;;;/h6-14H,5H2,1-4H3;3*1H;/q-1;;;;+3/p-3. The fourth-order valence-electron chi connectivity index (χ4n) is 2.37. The van der Waals surface area contributed by atoms with E-state index in [9.17, 15) is 0 Å². The van der Waals surface area contributed by atoms with Crippen LogP contribution in [-0.2, 0) is 18.2 Å². The topological polar surface area (TPSA) is 27.0 Å². The summed E-state index contributed by atoms with van der Waals surface area (Å²) in [6, 6.07) is 12.2. The first-order valence-corrected chi connectivity index (χ1v) is 17.5. The zero-order valence-electron chi connectivity index (χ0n) is 14.9. The normalized spacial score (nSPS) is 10.3. The molecule has 0 saturated heterocycles. The van der Waals surface area contributed by atoms with Gasteiger partial charge in [-0.1, -0.05) is 63.1 Å². The van der Waals surface area contributed by atoms with E-state index in [1.807, 2.05) is 18.2 Å². The van der Waals surface area contributed by atoms with Crippen molar-refractivity contribution in [2.75, 3.05) is 0 Å². The number of aromatic nitrogens is 1. The van der Waals surface area contributed by atoms with Gasteiger partial charge in [-0.05, 0) is 24.0 Å². The van der Waals surface area contributed by atoms with E-state index in [0.29, 0.717) is 17.5 Å². The van der Waals surface area contributed by atoms with Crippen LogP contribution in [0.5, 0.6) is 0 Å². The molecule has 0 bridgehead atoms. The van der Waals surface area contributed by atoms with Crippen molar-refractivity contribution in [3.8, 4) is 0 Å². The zero-order chi connectivity index (χ0) is 19.0. The third-order valence-electron chi connectivity index (χ3n) is 3.55. The Kier molecular flexibility index (Phi) is 10.3. The van der Waals surface area contributed by atoms with Crippen molar-refractivity contribution < 1.29 is 18.2 Å². The molecule has 0 radical (unpaired) electrons. The quantitative estimate of drug-likeness (QED) is 0.428. The van der Waals surface area contributed by atoms with Crippen LogP contribution in [0.4, 0.5) is 5.69 Å². The molecule has 0 saturated carbocycles. The third kappa shape index (κ3) is 7.83. The second-order valence-electron chi connectivity index (χ2n) is 6.08. The van der Waals surface area contributed by atoms with Gasteiger partial charge in [0.25, 0.3) is 0 Å². The Bertz CT molecular complexity index is 645. The number of para-hydroxylation sites is 1. The molecule has 2 aromatic rings. The van der Waals surface area contributed by atoms with Crippen LogP contribution in [0.2, 0.25) is 0 Å². The number of hydrogen-bond donors (Lipinski definition) is 0. The number of benzene rings is 1. The van der Waals surface area contributed by atoms with Gasteiger partial charge in [0, 0.05) is 11.9 Å². The number of halogens is 3. The van der Waals surface area contributed by atoms with Crippen LogP contribution in [0, 0.1) is 0 Å². The molecule has 1 heterocycles. The molecule has 0 aliphatic carbocycles. The van der Waals surface area contributed by atoms with E-state index in [1.54, 1.807) is 6.20 Å². The first-order valence-electron chi connectivity index (χ1n) is 8.02. The van der Waals surface area contributed by atoms with Crippen LogP contribution in [-0.4, -0.2) is 4.98 Å². The van der Waals surface area contributed by atoms with Crippen LogP contribution >= 0.6 is 25.5 Å². The number of pyridine rings is 1. The summed E-state index contributed by atoms with van der Waals surface area (Å²) in [5, 5.41) is 4.81. The summed E-state index contributed by atoms with van der Waals surface area (Å²) < 4.78 is 0. The molecule has 0 amide bonds. The summed E-state index contributed by atoms with van der Waals surface area (Å²) >= 11 is -2.13. The van der Waals surface area contributed by atoms with E-state index < -0.39 is 18.2 Å². The Morgan fingerprint density at radius 2 is 1.48 bits per heavy atom. The fourth-order valence-corrected chi connectivity index (χ4v) is 2.37. The third-order valence-corrected chi connectivity index (χ3v) is 3.55. The van der Waals surface area contributed by atoms with Crippen molar-refractivity contribution in [2.24, 2.45) is 0 Å². The van der Waals surface area contributed by atoms with Gasteiger partial charge in [-0.15, -0.1) is 18.0 Å². The molecule has 0 spiro atoms. The zero-order valence-corrected chi connectivity index (χ0v) is 19.7. The molecule has 2 rings (SSSR count). The van der Waals surface area contributed by atoms with Crippen LogP contribution in [0.1, 0.15) is 56.4 Å². The van der Waals surface area contributed by atoms with Crippen molar-refractivity contribution in [3.05, 3.63) is 71.3 Å². The van der Waals surface area contributed by atoms with Crippen LogP contribution in [0.15, 0.2) is 49.2 Å². The SMILES string of the molecule is C=C([N-]c1c(C(C)C)cccc1C(C)C)c1ccccn1.[Cl][Zr]([Cl])[Cl]. The summed E-state index contributed by atoms with van der Waals surface area (Å²) in [6.45, 7) is 12.9. The Labute approximate surface area is 169 Å². The Balaban J connectivity index is 0.000000705. The minimum atomic E-state index is -2.13. The van der Waals surface area contributed by atoms with Gasteiger partial charge in [-0.25, -0.2) is 0 Å². The van der Waals surface area contributed by atoms with Crippen LogP contribution in [0.25, 0.3) is 11.0 Å². The van der Waals surface area contributed by atoms with Crippen molar-refractivity contribution in [2.45, 2.75) is 39.5 Å². The van der Waals surface area contributed by atoms with E-state index in [4.69, 9.17) is 30.9 Å². The average molecular weight is 477 g/mol. The van der Waals surface area contributed by atoms with E-state index in [0.717, 1.165) is 11.4 Å².